The second-order valence-electron chi connectivity index (χ2n) is 4.57. The zero-order chi connectivity index (χ0) is 10.3. The van der Waals surface area contributed by atoms with Gasteiger partial charge in [-0.05, 0) is 26.2 Å². The highest BCUT2D eigenvalue weighted by Gasteiger charge is 2.51. The predicted molar refractivity (Wildman–Crippen MR) is 50.5 cm³/mol. The molecule has 2 fully saturated rings. The van der Waals surface area contributed by atoms with Gasteiger partial charge in [-0.15, -0.1) is 0 Å². The molecule has 4 heteroatoms. The number of nitrogens with zero attached hydrogens (tertiary/aromatic N) is 1. The fourth-order valence-corrected chi connectivity index (χ4v) is 2.58. The quantitative estimate of drug-likeness (QED) is 0.698. The molecule has 80 valence electrons. The zero-order valence-corrected chi connectivity index (χ0v) is 8.69. The highest BCUT2D eigenvalue weighted by molar-refractivity contribution is 5.80. The van der Waals surface area contributed by atoms with E-state index in [2.05, 4.69) is 0 Å². The SMILES string of the molecule is CC1(C)OCC2C(CCO)CC(=O)N21. The van der Waals surface area contributed by atoms with Crippen LogP contribution in [0, 0.1) is 5.92 Å². The van der Waals surface area contributed by atoms with Gasteiger partial charge in [-0.3, -0.25) is 4.79 Å². The van der Waals surface area contributed by atoms with E-state index in [1.165, 1.54) is 0 Å². The third-order valence-corrected chi connectivity index (χ3v) is 3.27. The summed E-state index contributed by atoms with van der Waals surface area (Å²) in [5, 5.41) is 8.89. The second kappa shape index (κ2) is 3.21. The molecule has 14 heavy (non-hydrogen) atoms. The molecule has 0 aromatic heterocycles. The van der Waals surface area contributed by atoms with Gasteiger partial charge in [-0.1, -0.05) is 0 Å². The van der Waals surface area contributed by atoms with Crippen LogP contribution in [-0.4, -0.2) is 40.9 Å². The van der Waals surface area contributed by atoms with E-state index in [1.54, 1.807) is 0 Å². The topological polar surface area (TPSA) is 49.8 Å². The molecule has 2 aliphatic rings. The largest absolute Gasteiger partial charge is 0.396 e. The van der Waals surface area contributed by atoms with Crippen LogP contribution in [0.2, 0.25) is 0 Å². The molecule has 2 saturated heterocycles. The first-order valence-corrected chi connectivity index (χ1v) is 5.13. The van der Waals surface area contributed by atoms with Crippen LogP contribution in [-0.2, 0) is 9.53 Å². The molecule has 0 aliphatic carbocycles. The standard InChI is InChI=1S/C10H17NO3/c1-10(2)11-8(6-14-10)7(3-4-12)5-9(11)13/h7-8,12H,3-6H2,1-2H3. The predicted octanol–water partition coefficient (Wildman–Crippen LogP) is 0.352. The van der Waals surface area contributed by atoms with E-state index in [0.29, 0.717) is 19.4 Å². The van der Waals surface area contributed by atoms with Gasteiger partial charge in [-0.2, -0.15) is 0 Å². The van der Waals surface area contributed by atoms with Crippen LogP contribution in [0.15, 0.2) is 0 Å². The van der Waals surface area contributed by atoms with Crippen LogP contribution < -0.4 is 0 Å². The summed E-state index contributed by atoms with van der Waals surface area (Å²) >= 11 is 0. The Morgan fingerprint density at radius 2 is 2.36 bits per heavy atom. The van der Waals surface area contributed by atoms with Gasteiger partial charge in [0.15, 0.2) is 0 Å². The van der Waals surface area contributed by atoms with Crippen LogP contribution in [0.3, 0.4) is 0 Å². The Balaban J connectivity index is 2.16. The minimum Gasteiger partial charge on any atom is -0.396 e. The fourth-order valence-electron chi connectivity index (χ4n) is 2.58. The molecule has 0 aromatic carbocycles. The molecule has 2 unspecified atom stereocenters. The Hall–Kier alpha value is -0.610. The Morgan fingerprint density at radius 1 is 1.64 bits per heavy atom. The Kier molecular flexibility index (Phi) is 2.27. The number of aliphatic hydroxyl groups excluding tert-OH is 1. The summed E-state index contributed by atoms with van der Waals surface area (Å²) in [6.45, 7) is 4.62. The number of aliphatic hydroxyl groups is 1. The lowest BCUT2D eigenvalue weighted by Crippen LogP contribution is -2.43. The number of carbonyl (C=O) groups is 1. The Bertz CT molecular complexity index is 252. The van der Waals surface area contributed by atoms with Gasteiger partial charge in [0.25, 0.3) is 0 Å². The Morgan fingerprint density at radius 3 is 3.00 bits per heavy atom. The third-order valence-electron chi connectivity index (χ3n) is 3.27. The lowest BCUT2D eigenvalue weighted by atomic mass is 9.98. The normalized spacial score (nSPS) is 35.1. The molecule has 0 saturated carbocycles. The van der Waals surface area contributed by atoms with E-state index in [4.69, 9.17) is 9.84 Å². The summed E-state index contributed by atoms with van der Waals surface area (Å²) in [5.74, 6) is 0.435. The number of ether oxygens (including phenoxy) is 1. The maximum Gasteiger partial charge on any atom is 0.225 e. The number of hydrogen-bond donors (Lipinski definition) is 1. The monoisotopic (exact) mass is 199 g/mol. The van der Waals surface area contributed by atoms with Crippen molar-refractivity contribution in [1.29, 1.82) is 0 Å². The highest BCUT2D eigenvalue weighted by Crippen LogP contribution is 2.39. The maximum atomic E-state index is 11.7. The van der Waals surface area contributed by atoms with Crippen LogP contribution in [0.4, 0.5) is 0 Å². The number of hydrogen-bond acceptors (Lipinski definition) is 3. The molecule has 0 spiro atoms. The van der Waals surface area contributed by atoms with Crippen molar-refractivity contribution in [1.82, 2.24) is 4.90 Å². The van der Waals surface area contributed by atoms with Crippen LogP contribution in [0.25, 0.3) is 0 Å². The van der Waals surface area contributed by atoms with Crippen LogP contribution in [0.5, 0.6) is 0 Å². The summed E-state index contributed by atoms with van der Waals surface area (Å²) in [6, 6.07) is 0.185. The van der Waals surface area contributed by atoms with Gasteiger partial charge in [0.2, 0.25) is 5.91 Å². The van der Waals surface area contributed by atoms with Crippen molar-refractivity contribution in [2.45, 2.75) is 38.5 Å². The van der Waals surface area contributed by atoms with E-state index in [9.17, 15) is 4.79 Å². The molecule has 2 rings (SSSR count). The molecule has 0 bridgehead atoms. The van der Waals surface area contributed by atoms with Crippen molar-refractivity contribution in [3.8, 4) is 0 Å². The molecule has 0 aromatic rings. The fraction of sp³-hybridized carbons (Fsp3) is 0.900. The van der Waals surface area contributed by atoms with Crippen LogP contribution >= 0.6 is 0 Å². The van der Waals surface area contributed by atoms with Crippen molar-refractivity contribution in [3.05, 3.63) is 0 Å². The molecule has 2 heterocycles. The lowest BCUT2D eigenvalue weighted by molar-refractivity contribution is -0.141. The molecule has 1 amide bonds. The van der Waals surface area contributed by atoms with E-state index in [0.717, 1.165) is 0 Å². The van der Waals surface area contributed by atoms with Crippen molar-refractivity contribution in [2.75, 3.05) is 13.2 Å². The van der Waals surface area contributed by atoms with Crippen molar-refractivity contribution < 1.29 is 14.6 Å². The summed E-state index contributed by atoms with van der Waals surface area (Å²) in [5.41, 5.74) is -0.452. The van der Waals surface area contributed by atoms with Gasteiger partial charge in [0.1, 0.15) is 5.72 Å². The van der Waals surface area contributed by atoms with E-state index in [1.807, 2.05) is 18.7 Å². The molecule has 4 nitrogen and oxygen atoms in total. The first-order valence-electron chi connectivity index (χ1n) is 5.13. The molecular formula is C10H17NO3. The number of amides is 1. The number of rotatable bonds is 2. The average Bonchev–Trinajstić information content (AvgIpc) is 2.55. The molecule has 1 N–H and O–H groups in total. The van der Waals surface area contributed by atoms with Crippen LogP contribution in [0.1, 0.15) is 26.7 Å². The second-order valence-corrected chi connectivity index (χ2v) is 4.57. The van der Waals surface area contributed by atoms with E-state index < -0.39 is 5.72 Å². The minimum absolute atomic E-state index is 0.155. The maximum absolute atomic E-state index is 11.7. The van der Waals surface area contributed by atoms with Gasteiger partial charge in [-0.25, -0.2) is 0 Å². The molecular weight excluding hydrogens is 182 g/mol. The van der Waals surface area contributed by atoms with Gasteiger partial charge >= 0.3 is 0 Å². The van der Waals surface area contributed by atoms with Gasteiger partial charge < -0.3 is 14.7 Å². The first-order chi connectivity index (χ1) is 6.56. The van der Waals surface area contributed by atoms with Gasteiger partial charge in [0, 0.05) is 13.0 Å². The summed E-state index contributed by atoms with van der Waals surface area (Å²) < 4.78 is 5.58. The first kappa shape index (κ1) is 9.93. The van der Waals surface area contributed by atoms with Crippen molar-refractivity contribution in [3.63, 3.8) is 0 Å². The summed E-state index contributed by atoms with van der Waals surface area (Å²) in [7, 11) is 0. The average molecular weight is 199 g/mol. The summed E-state index contributed by atoms with van der Waals surface area (Å²) in [4.78, 5) is 13.6. The molecule has 2 aliphatic heterocycles. The molecule has 0 radical (unpaired) electrons. The smallest absolute Gasteiger partial charge is 0.225 e. The van der Waals surface area contributed by atoms with E-state index >= 15 is 0 Å². The highest BCUT2D eigenvalue weighted by atomic mass is 16.5. The van der Waals surface area contributed by atoms with Crippen molar-refractivity contribution >= 4 is 5.91 Å². The third kappa shape index (κ3) is 1.33. The Labute approximate surface area is 83.8 Å². The van der Waals surface area contributed by atoms with Gasteiger partial charge in [0.05, 0.1) is 12.6 Å². The number of fused-ring (bicyclic) bond motifs is 1. The lowest BCUT2D eigenvalue weighted by Gasteiger charge is -2.29. The zero-order valence-electron chi connectivity index (χ0n) is 8.69. The summed E-state index contributed by atoms with van der Waals surface area (Å²) in [6.07, 6.45) is 1.27. The van der Waals surface area contributed by atoms with Crippen molar-refractivity contribution in [2.24, 2.45) is 5.92 Å². The minimum atomic E-state index is -0.452. The molecule has 2 atom stereocenters. The number of carbonyl (C=O) groups excluding carboxylic acids is 1. The van der Waals surface area contributed by atoms with E-state index in [-0.39, 0.29) is 24.5 Å².